The standard InChI is InChI=1S/C15H11ClN2O4S.C15H13ClN2O2S.B39/c1-10-2-4-12(5-3-10)23(21,22)17-7-6-13-14(16)8-11(18(19)20)9-15(13)17;1-10-2-4-12(5-3-10)21(19,20)18-7-6-13-14(16)8-11(17)9-15(13)18;1-21-31(20)36(30(18)19)39(37(32(22(2)3)23(4)5)33(24(6)7)25(8)9)38(34(26(10)11)27(12)13)35(28(14)15)29(16)17/h2-9H,1H3;2-9H,17H2,1H3;. The van der Waals surface area contributed by atoms with Crippen molar-refractivity contribution in [1.82, 2.24) is 7.94 Å². The summed E-state index contributed by atoms with van der Waals surface area (Å²) in [5.41, 5.74) is 8.50. The van der Waals surface area contributed by atoms with E-state index >= 15 is 0 Å². The molecule has 10 nitrogen and oxygen atoms in total. The summed E-state index contributed by atoms with van der Waals surface area (Å²) in [6, 6.07) is 21.9. The van der Waals surface area contributed by atoms with Crippen LogP contribution < -0.4 is 5.73 Å². The highest BCUT2D eigenvalue weighted by Gasteiger charge is 2.56. The molecular weight excluding hydrogens is 1070 g/mol. The summed E-state index contributed by atoms with van der Waals surface area (Å²) in [6.45, 7) is 3.76. The minimum Gasteiger partial charge on any atom is -0.399 e. The number of hydrogen-bond acceptors (Lipinski definition) is 7. The average Bonchev–Trinajstić information content (AvgIpc) is 4.25. The molecule has 0 atom stereocenters. The van der Waals surface area contributed by atoms with Gasteiger partial charge in [-0.2, -0.15) is 0 Å². The van der Waals surface area contributed by atoms with Gasteiger partial charge < -0.3 is 5.73 Å². The van der Waals surface area contributed by atoms with E-state index in [2.05, 4.69) is 0 Å². The molecule has 0 bridgehead atoms. The summed E-state index contributed by atoms with van der Waals surface area (Å²) in [5.74, 6) is 0. The number of benzene rings is 4. The van der Waals surface area contributed by atoms with Gasteiger partial charge in [-0.25, -0.2) is 24.8 Å². The van der Waals surface area contributed by atoms with E-state index in [1.807, 2.05) is 13.8 Å². The first-order valence-electron chi connectivity index (χ1n) is 25.5. The van der Waals surface area contributed by atoms with Crippen LogP contribution in [0.1, 0.15) is 11.1 Å². The molecule has 0 amide bonds. The molecular formula is C30H24B39Cl2N4O6S2. The molecule has 2 heterocycles. The van der Waals surface area contributed by atoms with Crippen molar-refractivity contribution >= 4 is 353 Å². The molecule has 0 spiro atoms. The van der Waals surface area contributed by atoms with Crippen LogP contribution in [0.25, 0.3) is 21.8 Å². The molecule has 83 heavy (non-hydrogen) atoms. The molecule has 41 radical (unpaired) electrons. The zero-order chi connectivity index (χ0) is 63.1. The Morgan fingerprint density at radius 2 is 0.747 bits per heavy atom. The molecule has 6 rings (SSSR count). The fourth-order valence-corrected chi connectivity index (χ4v) is 14.0. The van der Waals surface area contributed by atoms with Gasteiger partial charge in [0.25, 0.3) is 25.7 Å². The Hall–Kier alpha value is -1.83. The third-order valence-corrected chi connectivity index (χ3v) is 18.6. The van der Waals surface area contributed by atoms with Crippen LogP contribution in [0.15, 0.2) is 107 Å². The average molecular weight is 1090 g/mol. The molecule has 6 aromatic rings. The minimum absolute atomic E-state index is 0.100. The summed E-state index contributed by atoms with van der Waals surface area (Å²) in [6.07, 6.45) is -16.9. The molecule has 0 aliphatic heterocycles. The Morgan fingerprint density at radius 3 is 1.04 bits per heavy atom. The van der Waals surface area contributed by atoms with Crippen LogP contribution in [0.5, 0.6) is 0 Å². The Balaban J connectivity index is 0.000000284. The number of aromatic nitrogens is 2. The first-order valence-corrected chi connectivity index (χ1v) is 29.2. The number of nitrogens with two attached hydrogens (primary N) is 1. The van der Waals surface area contributed by atoms with Crippen LogP contribution in [0.3, 0.4) is 0 Å². The molecule has 2 N–H and O–H groups in total. The number of halogens is 2. The fraction of sp³-hybridized carbons (Fsp3) is 0.0667. The molecule has 0 fully saturated rings. The van der Waals surface area contributed by atoms with Crippen LogP contribution in [-0.4, -0.2) is 306 Å². The van der Waals surface area contributed by atoms with Crippen LogP contribution in [-0.2, 0) is 20.0 Å². The van der Waals surface area contributed by atoms with Crippen molar-refractivity contribution in [3.05, 3.63) is 129 Å². The predicted octanol–water partition coefficient (Wildman–Crippen LogP) is -7.68. The summed E-state index contributed by atoms with van der Waals surface area (Å²) < 4.78 is 53.2. The van der Waals surface area contributed by atoms with Crippen LogP contribution in [0.2, 0.25) is 10.0 Å². The number of nitro benzene ring substituents is 1. The van der Waals surface area contributed by atoms with Gasteiger partial charge in [0.15, 0.2) is 0 Å². The van der Waals surface area contributed by atoms with Gasteiger partial charge in [0.2, 0.25) is 0 Å². The Morgan fingerprint density at radius 1 is 0.458 bits per heavy atom. The maximum atomic E-state index is 12.8. The van der Waals surface area contributed by atoms with E-state index in [4.69, 9.17) is 184 Å². The van der Waals surface area contributed by atoms with Gasteiger partial charge in [0, 0.05) is 318 Å². The van der Waals surface area contributed by atoms with Crippen molar-refractivity contribution in [2.24, 2.45) is 0 Å². The fourth-order valence-electron chi connectivity index (χ4n) is 10.8. The molecule has 0 saturated carbocycles. The molecule has 53 heteroatoms. The third-order valence-electron chi connectivity index (χ3n) is 14.6. The van der Waals surface area contributed by atoms with E-state index in [-0.39, 0.29) is 26.0 Å². The highest BCUT2D eigenvalue weighted by atomic mass is 35.5. The normalized spacial score (nSPS) is 10.7. The number of nitrogens with zero attached hydrogens (tertiary/aromatic N) is 3. The van der Waals surface area contributed by atoms with E-state index in [9.17, 15) is 26.9 Å². The lowest BCUT2D eigenvalue weighted by Gasteiger charge is -2.54. The van der Waals surface area contributed by atoms with Gasteiger partial charge in [0.05, 0.1) is 35.8 Å². The zero-order valence-electron chi connectivity index (χ0n) is 45.7. The number of anilines is 1. The number of non-ortho nitro benzene ring substituents is 1. The minimum atomic E-state index is -3.86. The van der Waals surface area contributed by atoms with Crippen molar-refractivity contribution in [1.29, 1.82) is 0 Å². The lowest BCUT2D eigenvalue weighted by atomic mass is 8.28. The van der Waals surface area contributed by atoms with Gasteiger partial charge >= 0.3 is 0 Å². The molecule has 0 saturated heterocycles. The second-order valence-corrected chi connectivity index (χ2v) is 24.9. The molecule has 2 aromatic heterocycles. The lowest BCUT2D eigenvalue weighted by molar-refractivity contribution is -0.384. The largest absolute Gasteiger partial charge is 0.399 e. The maximum absolute atomic E-state index is 12.8. The van der Waals surface area contributed by atoms with E-state index in [0.29, 0.717) is 27.0 Å². The van der Waals surface area contributed by atoms with Crippen molar-refractivity contribution in [3.63, 3.8) is 0 Å². The topological polar surface area (TPSA) is 147 Å². The number of rotatable bonds is 23. The first-order chi connectivity index (χ1) is 38.4. The predicted molar refractivity (Wildman–Crippen MR) is 397 cm³/mol. The summed E-state index contributed by atoms with van der Waals surface area (Å²) in [5, 5.41) is 12.6. The lowest BCUT2D eigenvalue weighted by Crippen LogP contribution is -2.92. The van der Waals surface area contributed by atoms with E-state index in [1.54, 1.807) is 54.6 Å². The van der Waals surface area contributed by atoms with Crippen molar-refractivity contribution in [2.45, 2.75) is 23.6 Å². The maximum Gasteiger partial charge on any atom is 0.273 e. The summed E-state index contributed by atoms with van der Waals surface area (Å²) >= 11 is 12.1. The number of aryl methyl sites for hydroxylation is 2. The van der Waals surface area contributed by atoms with Crippen molar-refractivity contribution in [3.8, 4) is 0 Å². The van der Waals surface area contributed by atoms with E-state index < -0.39 is 140 Å². The van der Waals surface area contributed by atoms with Gasteiger partial charge in [-0.05, 0) is 62.4 Å². The summed E-state index contributed by atoms with van der Waals surface area (Å²) in [4.78, 5) is 10.7. The van der Waals surface area contributed by atoms with Crippen LogP contribution >= 0.6 is 23.2 Å². The molecule has 0 aliphatic carbocycles. The van der Waals surface area contributed by atoms with Gasteiger partial charge in [-0.15, -0.1) is 0 Å². The molecule has 0 aliphatic rings. The third kappa shape index (κ3) is 17.7. The van der Waals surface area contributed by atoms with E-state index in [0.717, 1.165) is 15.1 Å². The van der Waals surface area contributed by atoms with Crippen molar-refractivity contribution in [2.75, 3.05) is 5.73 Å². The van der Waals surface area contributed by atoms with E-state index in [1.165, 1.54) is 53.8 Å². The highest BCUT2D eigenvalue weighted by molar-refractivity contribution is 8.31. The number of hydrogen-bond donors (Lipinski definition) is 1. The molecule has 343 valence electrons. The number of nitro groups is 1. The Kier molecular flexibility index (Phi) is 28.0. The Bertz CT molecular complexity index is 3220. The molecule has 0 unspecified atom stereocenters. The highest BCUT2D eigenvalue weighted by Crippen LogP contribution is 2.33. The molecule has 4 aromatic carbocycles. The smallest absolute Gasteiger partial charge is 0.273 e. The number of fused-ring (bicyclic) bond motifs is 2. The Labute approximate surface area is 536 Å². The zero-order valence-corrected chi connectivity index (χ0v) is 48.8. The summed E-state index contributed by atoms with van der Waals surface area (Å²) in [7, 11) is 118. The quantitative estimate of drug-likeness (QED) is 0.0291. The van der Waals surface area contributed by atoms with Crippen LogP contribution in [0, 0.1) is 24.0 Å². The second-order valence-electron chi connectivity index (χ2n) is 20.5. The SMILES string of the molecule is Cc1ccc(S(=O)(=O)n2ccc3c(Cl)cc(N)cc32)cc1.Cc1ccc(S(=O)(=O)n2ccc3c(Cl)cc([N+](=O)[O-])cc32)cc1.[B][B]B([B])B(B([B])[B])B(B(B(B([B])[B])B([B])[B])B(B([B])[B])B([B])[B])B(B(B([B])[B])B([B])[B])B(B([B])[B])B([B])[B]. The van der Waals surface area contributed by atoms with Crippen LogP contribution in [0.4, 0.5) is 11.4 Å². The second kappa shape index (κ2) is 31.6. The number of nitrogen functional groups attached to an aromatic ring is 1. The van der Waals surface area contributed by atoms with Gasteiger partial charge in [-0.1, -0.05) is 58.6 Å². The van der Waals surface area contributed by atoms with Crippen molar-refractivity contribution < 1.29 is 21.8 Å². The first kappa shape index (κ1) is 73.6. The monoisotopic (exact) mass is 1100 g/mol. The van der Waals surface area contributed by atoms with Gasteiger partial charge in [0.1, 0.15) is 0 Å². The van der Waals surface area contributed by atoms with Gasteiger partial charge in [-0.3, -0.25) is 10.1 Å².